The molecule has 0 aliphatic carbocycles. The third-order valence-electron chi connectivity index (χ3n) is 2.30. The number of likely N-dealkylation sites (N-methyl/N-ethyl adjacent to an activating group) is 1. The van der Waals surface area contributed by atoms with Crippen molar-refractivity contribution in [2.75, 3.05) is 25.9 Å². The maximum absolute atomic E-state index is 8.76. The lowest BCUT2D eigenvalue weighted by molar-refractivity contribution is 0.217. The number of nitrogens with two attached hydrogens (primary N) is 1. The van der Waals surface area contributed by atoms with Crippen LogP contribution in [0.5, 0.6) is 0 Å². The molecule has 0 aliphatic rings. The number of hydrogen-bond donors (Lipinski definition) is 2. The monoisotopic (exact) mass is 198 g/mol. The molecule has 1 aromatic rings. The van der Waals surface area contributed by atoms with Gasteiger partial charge in [0.1, 0.15) is 5.82 Å². The summed E-state index contributed by atoms with van der Waals surface area (Å²) in [5.74, 6) is 0.701. The second-order valence-electron chi connectivity index (χ2n) is 3.53. The van der Waals surface area contributed by atoms with Gasteiger partial charge in [-0.05, 0) is 14.0 Å². The number of anilines is 1. The second-order valence-corrected chi connectivity index (χ2v) is 3.53. The number of nitrogen functional groups attached to an aromatic ring is 1. The van der Waals surface area contributed by atoms with Gasteiger partial charge in [-0.25, -0.2) is 0 Å². The maximum atomic E-state index is 8.76. The van der Waals surface area contributed by atoms with E-state index in [9.17, 15) is 0 Å². The Bertz CT molecular complexity index is 308. The standard InChI is InChI=1S/C9H18N4O/c1-7-8(6-12(2)4-5-14)9(10)13(3)11-7/h14H,4-6,10H2,1-3H3. The molecule has 80 valence electrons. The molecule has 0 saturated heterocycles. The Morgan fingerprint density at radius 1 is 1.57 bits per heavy atom. The molecule has 14 heavy (non-hydrogen) atoms. The molecule has 0 spiro atoms. The van der Waals surface area contributed by atoms with Gasteiger partial charge >= 0.3 is 0 Å². The summed E-state index contributed by atoms with van der Waals surface area (Å²) in [4.78, 5) is 2.01. The summed E-state index contributed by atoms with van der Waals surface area (Å²) in [6.07, 6.45) is 0. The van der Waals surface area contributed by atoms with E-state index in [2.05, 4.69) is 5.10 Å². The van der Waals surface area contributed by atoms with E-state index < -0.39 is 0 Å². The number of hydrogen-bond acceptors (Lipinski definition) is 4. The van der Waals surface area contributed by atoms with E-state index in [-0.39, 0.29) is 6.61 Å². The van der Waals surface area contributed by atoms with Gasteiger partial charge in [-0.2, -0.15) is 5.10 Å². The minimum absolute atomic E-state index is 0.162. The van der Waals surface area contributed by atoms with Gasteiger partial charge in [0.25, 0.3) is 0 Å². The molecule has 1 aromatic heterocycles. The average molecular weight is 198 g/mol. The van der Waals surface area contributed by atoms with Crippen molar-refractivity contribution in [3.63, 3.8) is 0 Å². The first-order valence-corrected chi connectivity index (χ1v) is 4.63. The number of aliphatic hydroxyl groups excluding tert-OH is 1. The van der Waals surface area contributed by atoms with Gasteiger partial charge in [0, 0.05) is 25.7 Å². The number of aryl methyl sites for hydroxylation is 2. The number of aromatic nitrogens is 2. The topological polar surface area (TPSA) is 67.3 Å². The highest BCUT2D eigenvalue weighted by Crippen LogP contribution is 2.16. The van der Waals surface area contributed by atoms with E-state index in [1.165, 1.54) is 0 Å². The number of aliphatic hydroxyl groups is 1. The van der Waals surface area contributed by atoms with Gasteiger partial charge < -0.3 is 10.8 Å². The van der Waals surface area contributed by atoms with E-state index in [0.717, 1.165) is 17.8 Å². The smallest absolute Gasteiger partial charge is 0.126 e. The zero-order chi connectivity index (χ0) is 10.7. The van der Waals surface area contributed by atoms with E-state index in [0.29, 0.717) is 12.4 Å². The lowest BCUT2D eigenvalue weighted by Crippen LogP contribution is -2.22. The number of nitrogens with zero attached hydrogens (tertiary/aromatic N) is 3. The lowest BCUT2D eigenvalue weighted by Gasteiger charge is -2.14. The summed E-state index contributed by atoms with van der Waals surface area (Å²) in [5, 5.41) is 13.0. The highest BCUT2D eigenvalue weighted by atomic mass is 16.3. The minimum Gasteiger partial charge on any atom is -0.395 e. The first-order valence-electron chi connectivity index (χ1n) is 4.63. The maximum Gasteiger partial charge on any atom is 0.126 e. The normalized spacial score (nSPS) is 11.2. The summed E-state index contributed by atoms with van der Waals surface area (Å²) >= 11 is 0. The first kappa shape index (κ1) is 11.0. The predicted molar refractivity (Wildman–Crippen MR) is 55.8 cm³/mol. The molecular formula is C9H18N4O. The molecule has 0 fully saturated rings. The average Bonchev–Trinajstić information content (AvgIpc) is 2.33. The van der Waals surface area contributed by atoms with Crippen molar-refractivity contribution < 1.29 is 5.11 Å². The molecule has 1 heterocycles. The Kier molecular flexibility index (Phi) is 3.49. The Morgan fingerprint density at radius 2 is 2.21 bits per heavy atom. The molecule has 0 saturated carbocycles. The highest BCUT2D eigenvalue weighted by molar-refractivity contribution is 5.42. The molecule has 5 heteroatoms. The van der Waals surface area contributed by atoms with Crippen LogP contribution < -0.4 is 5.73 Å². The van der Waals surface area contributed by atoms with Crippen LogP contribution in [0.1, 0.15) is 11.3 Å². The molecule has 0 unspecified atom stereocenters. The largest absolute Gasteiger partial charge is 0.395 e. The van der Waals surface area contributed by atoms with Crippen molar-refractivity contribution >= 4 is 5.82 Å². The minimum atomic E-state index is 0.162. The molecule has 0 bridgehead atoms. The summed E-state index contributed by atoms with van der Waals surface area (Å²) in [7, 11) is 3.78. The van der Waals surface area contributed by atoms with Crippen LogP contribution in [0, 0.1) is 6.92 Å². The number of rotatable bonds is 4. The van der Waals surface area contributed by atoms with Gasteiger partial charge in [0.05, 0.1) is 12.3 Å². The summed E-state index contributed by atoms with van der Waals surface area (Å²) in [6.45, 7) is 3.48. The van der Waals surface area contributed by atoms with Crippen molar-refractivity contribution in [3.8, 4) is 0 Å². The van der Waals surface area contributed by atoms with Crippen LogP contribution in [-0.2, 0) is 13.6 Å². The molecule has 1 rings (SSSR count). The summed E-state index contributed by atoms with van der Waals surface area (Å²) in [5.41, 5.74) is 7.86. The lowest BCUT2D eigenvalue weighted by atomic mass is 10.2. The van der Waals surface area contributed by atoms with Gasteiger partial charge in [-0.3, -0.25) is 9.58 Å². The third kappa shape index (κ3) is 2.24. The molecule has 0 radical (unpaired) electrons. The van der Waals surface area contributed by atoms with Crippen LogP contribution in [0.4, 0.5) is 5.82 Å². The van der Waals surface area contributed by atoms with Crippen LogP contribution in [0.3, 0.4) is 0 Å². The molecule has 0 amide bonds. The summed E-state index contributed by atoms with van der Waals surface area (Å²) in [6, 6.07) is 0. The van der Waals surface area contributed by atoms with Crippen LogP contribution in [0.15, 0.2) is 0 Å². The van der Waals surface area contributed by atoms with Crippen molar-refractivity contribution in [2.45, 2.75) is 13.5 Å². The molecule has 0 atom stereocenters. The van der Waals surface area contributed by atoms with E-state index in [1.807, 2.05) is 25.9 Å². The first-order chi connectivity index (χ1) is 6.56. The Balaban J connectivity index is 2.75. The van der Waals surface area contributed by atoms with Gasteiger partial charge in [0.2, 0.25) is 0 Å². The fourth-order valence-electron chi connectivity index (χ4n) is 1.43. The quantitative estimate of drug-likeness (QED) is 0.699. The van der Waals surface area contributed by atoms with Gasteiger partial charge in [-0.1, -0.05) is 0 Å². The Hall–Kier alpha value is -1.07. The fraction of sp³-hybridized carbons (Fsp3) is 0.667. The van der Waals surface area contributed by atoms with E-state index in [4.69, 9.17) is 10.8 Å². The molecule has 0 aromatic carbocycles. The van der Waals surface area contributed by atoms with Crippen molar-refractivity contribution in [3.05, 3.63) is 11.3 Å². The van der Waals surface area contributed by atoms with E-state index in [1.54, 1.807) is 4.68 Å². The molecular weight excluding hydrogens is 180 g/mol. The van der Waals surface area contributed by atoms with Crippen molar-refractivity contribution in [1.29, 1.82) is 0 Å². The van der Waals surface area contributed by atoms with Gasteiger partial charge in [0.15, 0.2) is 0 Å². The zero-order valence-electron chi connectivity index (χ0n) is 8.99. The molecule has 0 aliphatic heterocycles. The van der Waals surface area contributed by atoms with Crippen LogP contribution in [0.25, 0.3) is 0 Å². The Labute approximate surface area is 84.1 Å². The molecule has 3 N–H and O–H groups in total. The SMILES string of the molecule is Cc1nn(C)c(N)c1CN(C)CCO. The van der Waals surface area contributed by atoms with Crippen LogP contribution in [-0.4, -0.2) is 40.0 Å². The predicted octanol–water partition coefficient (Wildman–Crippen LogP) is -0.265. The van der Waals surface area contributed by atoms with Crippen molar-refractivity contribution in [1.82, 2.24) is 14.7 Å². The zero-order valence-corrected chi connectivity index (χ0v) is 8.99. The van der Waals surface area contributed by atoms with E-state index >= 15 is 0 Å². The molecule has 5 nitrogen and oxygen atoms in total. The van der Waals surface area contributed by atoms with Crippen LogP contribution >= 0.6 is 0 Å². The Morgan fingerprint density at radius 3 is 2.64 bits per heavy atom. The van der Waals surface area contributed by atoms with Gasteiger partial charge in [-0.15, -0.1) is 0 Å². The fourth-order valence-corrected chi connectivity index (χ4v) is 1.43. The van der Waals surface area contributed by atoms with Crippen LogP contribution in [0.2, 0.25) is 0 Å². The third-order valence-corrected chi connectivity index (χ3v) is 2.30. The second kappa shape index (κ2) is 4.43. The highest BCUT2D eigenvalue weighted by Gasteiger charge is 2.11. The summed E-state index contributed by atoms with van der Waals surface area (Å²) < 4.78 is 1.68. The van der Waals surface area contributed by atoms with Crippen molar-refractivity contribution in [2.24, 2.45) is 7.05 Å².